The van der Waals surface area contributed by atoms with Gasteiger partial charge in [0.15, 0.2) is 3.95 Å². The van der Waals surface area contributed by atoms with Crippen molar-refractivity contribution >= 4 is 53.1 Å². The van der Waals surface area contributed by atoms with Crippen molar-refractivity contribution in [2.45, 2.75) is 22.6 Å². The predicted molar refractivity (Wildman–Crippen MR) is 118 cm³/mol. The minimum atomic E-state index is -0.593. The molecule has 2 aliphatic heterocycles. The Bertz CT molecular complexity index is 1210. The van der Waals surface area contributed by atoms with Crippen molar-refractivity contribution in [3.8, 4) is 0 Å². The lowest BCUT2D eigenvalue weighted by Gasteiger charge is -2.43. The van der Waals surface area contributed by atoms with Gasteiger partial charge in [0.05, 0.1) is 24.0 Å². The van der Waals surface area contributed by atoms with Gasteiger partial charge in [-0.15, -0.1) is 23.1 Å². The first kappa shape index (κ1) is 20.6. The van der Waals surface area contributed by atoms with Gasteiger partial charge in [-0.3, -0.25) is 19.3 Å². The van der Waals surface area contributed by atoms with Gasteiger partial charge in [-0.1, -0.05) is 12.1 Å². The molecule has 7 atom stereocenters. The van der Waals surface area contributed by atoms with E-state index in [1.807, 2.05) is 12.1 Å². The van der Waals surface area contributed by atoms with E-state index < -0.39 is 11.9 Å². The van der Waals surface area contributed by atoms with Gasteiger partial charge in [0.2, 0.25) is 11.8 Å². The number of nitrogens with zero attached hydrogens (tertiary/aromatic N) is 1. The van der Waals surface area contributed by atoms with E-state index in [0.29, 0.717) is 3.95 Å². The molecule has 4 aliphatic rings. The highest BCUT2D eigenvalue weighted by atomic mass is 32.2. The molecule has 1 aromatic carbocycles. The minimum Gasteiger partial charge on any atom is -0.468 e. The van der Waals surface area contributed by atoms with Crippen molar-refractivity contribution in [1.29, 1.82) is 0 Å². The highest BCUT2D eigenvalue weighted by molar-refractivity contribution is 8.00. The molecule has 2 aliphatic carbocycles. The summed E-state index contributed by atoms with van der Waals surface area (Å²) < 4.78 is 19.1. The van der Waals surface area contributed by atoms with Crippen LogP contribution in [0.4, 0.5) is 4.39 Å². The number of thioether (sulfide) groups is 1. The van der Waals surface area contributed by atoms with E-state index in [-0.39, 0.29) is 59.0 Å². The van der Waals surface area contributed by atoms with Crippen molar-refractivity contribution in [2.24, 2.45) is 29.6 Å². The van der Waals surface area contributed by atoms with Crippen molar-refractivity contribution in [2.75, 3.05) is 13.7 Å². The Morgan fingerprint density at radius 3 is 2.59 bits per heavy atom. The molecule has 3 fully saturated rings. The molecule has 1 N–H and O–H groups in total. The number of esters is 1. The van der Waals surface area contributed by atoms with Gasteiger partial charge in [-0.25, -0.2) is 4.39 Å². The molecule has 32 heavy (non-hydrogen) atoms. The van der Waals surface area contributed by atoms with Crippen LogP contribution < -0.4 is 0 Å². The number of aromatic amines is 1. The topological polar surface area (TPSA) is 79.5 Å². The average molecular weight is 491 g/mol. The van der Waals surface area contributed by atoms with Gasteiger partial charge >= 0.3 is 5.97 Å². The molecule has 0 spiro atoms. The number of hydrogen-bond donors (Lipinski definition) is 1. The fourth-order valence-corrected chi connectivity index (χ4v) is 9.81. The second-order valence-corrected chi connectivity index (χ2v) is 11.8. The van der Waals surface area contributed by atoms with Crippen LogP contribution in [0.2, 0.25) is 0 Å². The maximum absolute atomic E-state index is 13.7. The van der Waals surface area contributed by atoms with E-state index in [0.717, 1.165) is 26.8 Å². The van der Waals surface area contributed by atoms with Crippen LogP contribution in [-0.2, 0) is 19.1 Å². The number of thiazole rings is 1. The van der Waals surface area contributed by atoms with Crippen molar-refractivity contribution < 1.29 is 23.5 Å². The first-order chi connectivity index (χ1) is 15.4. The number of ether oxygens (including phenoxy) is 1. The maximum atomic E-state index is 13.7. The molecule has 2 aromatic rings. The predicted octanol–water partition coefficient (Wildman–Crippen LogP) is 3.59. The van der Waals surface area contributed by atoms with E-state index >= 15 is 0 Å². The number of imide groups is 1. The van der Waals surface area contributed by atoms with Crippen LogP contribution >= 0.6 is 35.3 Å². The summed E-state index contributed by atoms with van der Waals surface area (Å²) in [5.41, 5.74) is 1.00. The van der Waals surface area contributed by atoms with Gasteiger partial charge in [0, 0.05) is 16.0 Å². The SMILES string of the molecule is COC(=O)CN1C(=O)C2C3CC(C2C1=O)C1C(c2ccc(F)cc2)c2sc(=S)[nH]c2SC31. The first-order valence-electron chi connectivity index (χ1n) is 10.5. The second-order valence-electron chi connectivity index (χ2n) is 8.85. The number of H-pyrrole nitrogens is 1. The lowest BCUT2D eigenvalue weighted by atomic mass is 9.68. The molecular weight excluding hydrogens is 471 g/mol. The number of benzene rings is 1. The molecule has 3 heterocycles. The third kappa shape index (κ3) is 2.75. The standard InChI is InChI=1S/C22H19FN2O4S3/c1-29-12(26)7-25-20(27)15-10-6-11(16(15)21(25)28)17-14(10)13(8-2-4-9(23)5-3-8)18-19(31-17)24-22(30)32-18/h2-5,10-11,13-17H,6-7H2,1H3,(H,24,30). The number of aromatic nitrogens is 1. The van der Waals surface area contributed by atoms with Gasteiger partial charge in [-0.05, 0) is 54.1 Å². The van der Waals surface area contributed by atoms with Gasteiger partial charge < -0.3 is 9.72 Å². The molecule has 0 radical (unpaired) electrons. The third-order valence-electron chi connectivity index (χ3n) is 7.56. The Morgan fingerprint density at radius 2 is 1.91 bits per heavy atom. The quantitative estimate of drug-likeness (QED) is 0.403. The highest BCUT2D eigenvalue weighted by Crippen LogP contribution is 2.68. The summed E-state index contributed by atoms with van der Waals surface area (Å²) in [5.74, 6) is -1.98. The van der Waals surface area contributed by atoms with Crippen LogP contribution in [0.1, 0.15) is 22.8 Å². The summed E-state index contributed by atoms with van der Waals surface area (Å²) >= 11 is 8.69. The summed E-state index contributed by atoms with van der Waals surface area (Å²) in [6.45, 7) is -0.328. The lowest BCUT2D eigenvalue weighted by molar-refractivity contribution is -0.151. The molecule has 1 saturated heterocycles. The van der Waals surface area contributed by atoms with Crippen molar-refractivity contribution in [1.82, 2.24) is 9.88 Å². The lowest BCUT2D eigenvalue weighted by Crippen LogP contribution is -2.42. The molecule has 6 rings (SSSR count). The maximum Gasteiger partial charge on any atom is 0.325 e. The number of halogens is 1. The van der Waals surface area contributed by atoms with Crippen LogP contribution in [0, 0.1) is 39.4 Å². The number of carbonyl (C=O) groups is 3. The Balaban J connectivity index is 1.42. The number of carbonyl (C=O) groups excluding carboxylic acids is 3. The van der Waals surface area contributed by atoms with Gasteiger partial charge in [-0.2, -0.15) is 0 Å². The smallest absolute Gasteiger partial charge is 0.325 e. The second kappa shape index (κ2) is 7.23. The molecular formula is C22H19FN2O4S3. The van der Waals surface area contributed by atoms with Crippen LogP contribution in [0.3, 0.4) is 0 Å². The zero-order valence-electron chi connectivity index (χ0n) is 16.9. The summed E-state index contributed by atoms with van der Waals surface area (Å²) in [5, 5.41) is 1.17. The number of likely N-dealkylation sites (tertiary alicyclic amines) is 1. The number of methoxy groups -OCH3 is 1. The Kier molecular flexibility index (Phi) is 4.64. The van der Waals surface area contributed by atoms with E-state index in [1.165, 1.54) is 30.6 Å². The number of nitrogens with one attached hydrogen (secondary N) is 1. The number of rotatable bonds is 3. The summed E-state index contributed by atoms with van der Waals surface area (Å²) in [4.78, 5) is 43.8. The third-order valence-corrected chi connectivity index (χ3v) is 10.5. The zero-order valence-corrected chi connectivity index (χ0v) is 19.4. The monoisotopic (exact) mass is 490 g/mol. The van der Waals surface area contributed by atoms with E-state index in [1.54, 1.807) is 11.8 Å². The number of hydrogen-bond acceptors (Lipinski definition) is 7. The summed E-state index contributed by atoms with van der Waals surface area (Å²) in [6.07, 6.45) is 0.814. The van der Waals surface area contributed by atoms with Crippen molar-refractivity contribution in [3.63, 3.8) is 0 Å². The highest BCUT2D eigenvalue weighted by Gasteiger charge is 2.69. The Hall–Kier alpha value is -2.04. The van der Waals surface area contributed by atoms with Crippen molar-refractivity contribution in [3.05, 3.63) is 44.5 Å². The molecule has 10 heteroatoms. The average Bonchev–Trinajstić information content (AvgIpc) is 3.50. The fourth-order valence-electron chi connectivity index (χ4n) is 6.47. The van der Waals surface area contributed by atoms with Crippen LogP contribution in [0.5, 0.6) is 0 Å². The number of fused-ring (bicyclic) bond motifs is 9. The normalized spacial score (nSPS) is 34.4. The molecule has 2 amide bonds. The van der Waals surface area contributed by atoms with Gasteiger partial charge in [0.25, 0.3) is 0 Å². The van der Waals surface area contributed by atoms with Crippen LogP contribution in [0.25, 0.3) is 0 Å². The molecule has 1 aromatic heterocycles. The summed E-state index contributed by atoms with van der Waals surface area (Å²) in [6, 6.07) is 6.56. The Labute approximate surface area is 196 Å². The molecule has 6 nitrogen and oxygen atoms in total. The molecule has 2 saturated carbocycles. The first-order valence-corrected chi connectivity index (χ1v) is 12.6. The molecule has 166 valence electrons. The fraction of sp³-hybridized carbons (Fsp3) is 0.455. The molecule has 2 bridgehead atoms. The minimum absolute atomic E-state index is 0.0108. The van der Waals surface area contributed by atoms with Crippen LogP contribution in [0.15, 0.2) is 29.3 Å². The van der Waals surface area contributed by atoms with Gasteiger partial charge in [0.1, 0.15) is 12.4 Å². The van der Waals surface area contributed by atoms with E-state index in [9.17, 15) is 18.8 Å². The summed E-state index contributed by atoms with van der Waals surface area (Å²) in [7, 11) is 1.25. The van der Waals surface area contributed by atoms with E-state index in [2.05, 4.69) is 4.98 Å². The largest absolute Gasteiger partial charge is 0.468 e. The molecule has 7 unspecified atom stereocenters. The zero-order chi connectivity index (χ0) is 22.3. The number of amides is 2. The van der Waals surface area contributed by atoms with E-state index in [4.69, 9.17) is 17.0 Å². The Morgan fingerprint density at radius 1 is 1.22 bits per heavy atom. The van der Waals surface area contributed by atoms with Crippen LogP contribution in [-0.4, -0.2) is 46.6 Å².